The molecule has 0 saturated carbocycles. The molecule has 1 fully saturated rings. The van der Waals surface area contributed by atoms with Gasteiger partial charge in [-0.2, -0.15) is 5.10 Å². The second-order valence-electron chi connectivity index (χ2n) is 5.39. The first-order valence-corrected chi connectivity index (χ1v) is 7.87. The molecule has 0 N–H and O–H groups in total. The Hall–Kier alpha value is -1.20. The summed E-state index contributed by atoms with van der Waals surface area (Å²) in [4.78, 5) is 6.60. The van der Waals surface area contributed by atoms with Crippen molar-refractivity contribution in [1.82, 2.24) is 19.7 Å². The number of hydrogen-bond donors (Lipinski definition) is 0. The second-order valence-corrected chi connectivity index (χ2v) is 6.31. The molecule has 1 aromatic carbocycles. The maximum absolute atomic E-state index is 4.29. The first-order chi connectivity index (χ1) is 9.74. The van der Waals surface area contributed by atoms with Crippen molar-refractivity contribution in [3.05, 3.63) is 47.0 Å². The van der Waals surface area contributed by atoms with Crippen LogP contribution in [-0.2, 0) is 0 Å². The molecule has 3 rings (SSSR count). The maximum atomic E-state index is 4.29. The second kappa shape index (κ2) is 6.06. The van der Waals surface area contributed by atoms with Crippen LogP contribution >= 0.6 is 15.9 Å². The van der Waals surface area contributed by atoms with Crippen molar-refractivity contribution in [3.63, 3.8) is 0 Å². The van der Waals surface area contributed by atoms with Gasteiger partial charge in [-0.05, 0) is 44.0 Å². The van der Waals surface area contributed by atoms with E-state index >= 15 is 0 Å². The summed E-state index contributed by atoms with van der Waals surface area (Å²) in [5.41, 5.74) is 1.37. The minimum Gasteiger partial charge on any atom is -0.294 e. The molecule has 4 nitrogen and oxygen atoms in total. The van der Waals surface area contributed by atoms with E-state index in [1.165, 1.54) is 18.4 Å². The van der Waals surface area contributed by atoms with Crippen molar-refractivity contribution in [1.29, 1.82) is 0 Å². The number of piperidine rings is 1. The SMILES string of the molecule is C[C@@H](c1ccc(Br)cc1)N1CCC[C@@H](n2cncn2)C1. The zero-order valence-corrected chi connectivity index (χ0v) is 13.2. The van der Waals surface area contributed by atoms with E-state index in [9.17, 15) is 0 Å². The van der Waals surface area contributed by atoms with E-state index in [1.807, 2.05) is 11.0 Å². The first kappa shape index (κ1) is 13.8. The summed E-state index contributed by atoms with van der Waals surface area (Å²) in [6.07, 6.45) is 5.86. The summed E-state index contributed by atoms with van der Waals surface area (Å²) in [6, 6.07) is 9.52. The van der Waals surface area contributed by atoms with Crippen LogP contribution in [0.5, 0.6) is 0 Å². The zero-order valence-electron chi connectivity index (χ0n) is 11.6. The molecule has 0 unspecified atom stereocenters. The topological polar surface area (TPSA) is 34.0 Å². The number of nitrogens with zero attached hydrogens (tertiary/aromatic N) is 4. The molecule has 0 spiro atoms. The van der Waals surface area contributed by atoms with Gasteiger partial charge in [-0.1, -0.05) is 28.1 Å². The quantitative estimate of drug-likeness (QED) is 0.862. The average Bonchev–Trinajstić information content (AvgIpc) is 3.02. The minimum atomic E-state index is 0.439. The lowest BCUT2D eigenvalue weighted by Crippen LogP contribution is -2.38. The molecule has 0 amide bonds. The van der Waals surface area contributed by atoms with E-state index in [1.54, 1.807) is 6.33 Å². The Kier molecular flexibility index (Phi) is 4.17. The number of likely N-dealkylation sites (tertiary alicyclic amines) is 1. The van der Waals surface area contributed by atoms with Crippen LogP contribution in [0.2, 0.25) is 0 Å². The fraction of sp³-hybridized carbons (Fsp3) is 0.467. The van der Waals surface area contributed by atoms with Crippen molar-refractivity contribution in [2.24, 2.45) is 0 Å². The molecule has 1 aromatic heterocycles. The molecule has 1 aliphatic rings. The third-order valence-corrected chi connectivity index (χ3v) is 4.67. The van der Waals surface area contributed by atoms with Gasteiger partial charge in [-0.15, -0.1) is 0 Å². The summed E-state index contributed by atoms with van der Waals surface area (Å²) in [5.74, 6) is 0. The molecule has 1 saturated heterocycles. The molecule has 0 radical (unpaired) electrons. The van der Waals surface area contributed by atoms with Gasteiger partial charge in [0.1, 0.15) is 12.7 Å². The highest BCUT2D eigenvalue weighted by Gasteiger charge is 2.25. The molecule has 20 heavy (non-hydrogen) atoms. The molecule has 0 bridgehead atoms. The monoisotopic (exact) mass is 334 g/mol. The number of hydrogen-bond acceptors (Lipinski definition) is 3. The third-order valence-electron chi connectivity index (χ3n) is 4.14. The Labute approximate surface area is 127 Å². The molecule has 0 aliphatic carbocycles. The Morgan fingerprint density at radius 3 is 2.80 bits per heavy atom. The Morgan fingerprint density at radius 2 is 2.10 bits per heavy atom. The summed E-state index contributed by atoms with van der Waals surface area (Å²) >= 11 is 3.49. The summed E-state index contributed by atoms with van der Waals surface area (Å²) in [6.45, 7) is 4.48. The van der Waals surface area contributed by atoms with Gasteiger partial charge in [-0.25, -0.2) is 9.67 Å². The highest BCUT2D eigenvalue weighted by atomic mass is 79.9. The highest BCUT2D eigenvalue weighted by molar-refractivity contribution is 9.10. The fourth-order valence-electron chi connectivity index (χ4n) is 2.91. The third kappa shape index (κ3) is 2.94. The maximum Gasteiger partial charge on any atom is 0.137 e. The van der Waals surface area contributed by atoms with Crippen molar-refractivity contribution in [2.75, 3.05) is 13.1 Å². The summed E-state index contributed by atoms with van der Waals surface area (Å²) in [5, 5.41) is 4.29. The van der Waals surface area contributed by atoms with E-state index in [0.717, 1.165) is 17.6 Å². The average molecular weight is 335 g/mol. The first-order valence-electron chi connectivity index (χ1n) is 7.07. The van der Waals surface area contributed by atoms with Gasteiger partial charge in [0.15, 0.2) is 0 Å². The van der Waals surface area contributed by atoms with Gasteiger partial charge >= 0.3 is 0 Å². The van der Waals surface area contributed by atoms with Crippen LogP contribution in [0.15, 0.2) is 41.4 Å². The lowest BCUT2D eigenvalue weighted by atomic mass is 10.0. The number of halogens is 1. The lowest BCUT2D eigenvalue weighted by Gasteiger charge is -2.36. The Balaban J connectivity index is 1.71. The molecule has 1 aliphatic heterocycles. The van der Waals surface area contributed by atoms with Crippen LogP contribution in [0.1, 0.15) is 37.4 Å². The lowest BCUT2D eigenvalue weighted by molar-refractivity contribution is 0.129. The predicted octanol–water partition coefficient (Wildman–Crippen LogP) is 3.44. The molecule has 106 valence electrons. The predicted molar refractivity (Wildman–Crippen MR) is 82.4 cm³/mol. The standard InChI is InChI=1S/C15H19BrN4/c1-12(13-4-6-14(16)7-5-13)19-8-2-3-15(9-19)20-11-17-10-18-20/h4-7,10-12,15H,2-3,8-9H2,1H3/t12-,15+/m0/s1. The van der Waals surface area contributed by atoms with Crippen molar-refractivity contribution >= 4 is 15.9 Å². The van der Waals surface area contributed by atoms with E-state index in [0.29, 0.717) is 12.1 Å². The summed E-state index contributed by atoms with van der Waals surface area (Å²) in [7, 11) is 0. The number of benzene rings is 1. The van der Waals surface area contributed by atoms with Gasteiger partial charge in [0, 0.05) is 17.1 Å². The van der Waals surface area contributed by atoms with Crippen LogP contribution < -0.4 is 0 Å². The van der Waals surface area contributed by atoms with Gasteiger partial charge in [0.2, 0.25) is 0 Å². The molecule has 5 heteroatoms. The molecular formula is C15H19BrN4. The largest absolute Gasteiger partial charge is 0.294 e. The summed E-state index contributed by atoms with van der Waals surface area (Å²) < 4.78 is 3.13. The smallest absolute Gasteiger partial charge is 0.137 e. The van der Waals surface area contributed by atoms with Gasteiger partial charge < -0.3 is 0 Å². The van der Waals surface area contributed by atoms with Crippen LogP contribution in [0.3, 0.4) is 0 Å². The van der Waals surface area contributed by atoms with Crippen LogP contribution in [0, 0.1) is 0 Å². The van der Waals surface area contributed by atoms with Crippen LogP contribution in [0.4, 0.5) is 0 Å². The number of rotatable bonds is 3. The Bertz CT molecular complexity index is 538. The minimum absolute atomic E-state index is 0.439. The van der Waals surface area contributed by atoms with E-state index < -0.39 is 0 Å². The fourth-order valence-corrected chi connectivity index (χ4v) is 3.17. The van der Waals surface area contributed by atoms with Crippen LogP contribution in [0.25, 0.3) is 0 Å². The van der Waals surface area contributed by atoms with Crippen LogP contribution in [-0.4, -0.2) is 32.8 Å². The van der Waals surface area contributed by atoms with Gasteiger partial charge in [0.25, 0.3) is 0 Å². The van der Waals surface area contributed by atoms with Crippen molar-refractivity contribution in [2.45, 2.75) is 31.8 Å². The molecule has 2 aromatic rings. The van der Waals surface area contributed by atoms with Gasteiger partial charge in [-0.3, -0.25) is 4.90 Å². The van der Waals surface area contributed by atoms with E-state index in [4.69, 9.17) is 0 Å². The zero-order chi connectivity index (χ0) is 13.9. The molecule has 2 heterocycles. The van der Waals surface area contributed by atoms with Crippen molar-refractivity contribution < 1.29 is 0 Å². The normalized spacial score (nSPS) is 21.8. The molecular weight excluding hydrogens is 316 g/mol. The number of aromatic nitrogens is 3. The highest BCUT2D eigenvalue weighted by Crippen LogP contribution is 2.28. The van der Waals surface area contributed by atoms with E-state index in [2.05, 4.69) is 62.1 Å². The Morgan fingerprint density at radius 1 is 1.30 bits per heavy atom. The van der Waals surface area contributed by atoms with Crippen molar-refractivity contribution in [3.8, 4) is 0 Å². The van der Waals surface area contributed by atoms with Gasteiger partial charge in [0.05, 0.1) is 6.04 Å². The van der Waals surface area contributed by atoms with E-state index in [-0.39, 0.29) is 0 Å². The molecule has 2 atom stereocenters.